The van der Waals surface area contributed by atoms with E-state index in [1.807, 2.05) is 0 Å². The van der Waals surface area contributed by atoms with Gasteiger partial charge in [0.05, 0.1) is 16.8 Å². The highest BCUT2D eigenvalue weighted by Crippen LogP contribution is 2.22. The van der Waals surface area contributed by atoms with Gasteiger partial charge in [0.2, 0.25) is 0 Å². The zero-order chi connectivity index (χ0) is 11.7. The number of amides is 1. The van der Waals surface area contributed by atoms with Crippen molar-refractivity contribution >= 4 is 23.2 Å². The number of aliphatic hydroxyl groups excluding tert-OH is 1. The summed E-state index contributed by atoms with van der Waals surface area (Å²) in [6.45, 7) is 0. The van der Waals surface area contributed by atoms with Crippen molar-refractivity contribution in [3.63, 3.8) is 0 Å². The largest absolute Gasteiger partial charge is 0.398 e. The molecule has 0 saturated heterocycles. The molecule has 0 aromatic heterocycles. The molecule has 4 N–H and O–H groups in total. The van der Waals surface area contributed by atoms with Gasteiger partial charge in [-0.05, 0) is 31.0 Å². The summed E-state index contributed by atoms with van der Waals surface area (Å²) in [7, 11) is 0. The van der Waals surface area contributed by atoms with Gasteiger partial charge in [-0.2, -0.15) is 0 Å². The lowest BCUT2D eigenvalue weighted by molar-refractivity contribution is 0.0563. The van der Waals surface area contributed by atoms with E-state index in [9.17, 15) is 4.79 Å². The molecule has 1 aromatic carbocycles. The number of benzene rings is 1. The van der Waals surface area contributed by atoms with E-state index >= 15 is 0 Å². The van der Waals surface area contributed by atoms with Crippen molar-refractivity contribution in [1.29, 1.82) is 0 Å². The Morgan fingerprint density at radius 2 is 2.19 bits per heavy atom. The van der Waals surface area contributed by atoms with Gasteiger partial charge in [-0.15, -0.1) is 0 Å². The monoisotopic (exact) mass is 240 g/mol. The first-order valence-electron chi connectivity index (χ1n) is 5.10. The van der Waals surface area contributed by atoms with Gasteiger partial charge in [-0.1, -0.05) is 11.6 Å². The number of hydrogen-bond donors (Lipinski definition) is 3. The molecule has 2 rings (SSSR count). The zero-order valence-electron chi connectivity index (χ0n) is 8.61. The van der Waals surface area contributed by atoms with E-state index in [1.165, 1.54) is 0 Å². The van der Waals surface area contributed by atoms with Crippen LogP contribution < -0.4 is 11.1 Å². The van der Waals surface area contributed by atoms with Crippen LogP contribution in [0.4, 0.5) is 5.69 Å². The van der Waals surface area contributed by atoms with Crippen LogP contribution in [0.3, 0.4) is 0 Å². The summed E-state index contributed by atoms with van der Waals surface area (Å²) in [6.07, 6.45) is 0.962. The van der Waals surface area contributed by atoms with Crippen molar-refractivity contribution < 1.29 is 9.90 Å². The molecule has 0 bridgehead atoms. The topological polar surface area (TPSA) is 75.4 Å². The Kier molecular flexibility index (Phi) is 3.03. The molecule has 0 aliphatic heterocycles. The molecule has 0 unspecified atom stereocenters. The van der Waals surface area contributed by atoms with E-state index in [0.717, 1.165) is 0 Å². The Bertz CT molecular complexity index is 416. The van der Waals surface area contributed by atoms with Crippen molar-refractivity contribution in [2.45, 2.75) is 25.0 Å². The summed E-state index contributed by atoms with van der Waals surface area (Å²) < 4.78 is 0. The van der Waals surface area contributed by atoms with E-state index in [4.69, 9.17) is 22.4 Å². The highest BCUT2D eigenvalue weighted by Gasteiger charge is 2.28. The van der Waals surface area contributed by atoms with Crippen LogP contribution in [0.1, 0.15) is 23.2 Å². The lowest BCUT2D eigenvalue weighted by atomic mass is 9.89. The molecule has 5 heteroatoms. The van der Waals surface area contributed by atoms with Crippen molar-refractivity contribution in [2.75, 3.05) is 5.73 Å². The van der Waals surface area contributed by atoms with Gasteiger partial charge < -0.3 is 16.2 Å². The Balaban J connectivity index is 2.01. The fraction of sp³-hybridized carbons (Fsp3) is 0.364. The van der Waals surface area contributed by atoms with Gasteiger partial charge in [0.15, 0.2) is 0 Å². The molecule has 4 nitrogen and oxygen atoms in total. The molecule has 1 aliphatic carbocycles. The third-order valence-corrected chi connectivity index (χ3v) is 3.05. The second-order valence-corrected chi connectivity index (χ2v) is 4.44. The standard InChI is InChI=1S/C11H13ClN2O2/c12-9-2-1-6(3-10(9)13)11(16)14-7-4-8(15)5-7/h1-3,7-8,15H,4-5,13H2,(H,14,16). The Morgan fingerprint density at radius 3 is 2.75 bits per heavy atom. The molecule has 1 saturated carbocycles. The molecular weight excluding hydrogens is 228 g/mol. The molecule has 0 atom stereocenters. The lowest BCUT2D eigenvalue weighted by Gasteiger charge is -2.31. The number of nitrogens with one attached hydrogen (secondary N) is 1. The zero-order valence-corrected chi connectivity index (χ0v) is 9.37. The van der Waals surface area contributed by atoms with Crippen molar-refractivity contribution in [3.05, 3.63) is 28.8 Å². The van der Waals surface area contributed by atoms with Gasteiger partial charge in [0, 0.05) is 11.6 Å². The summed E-state index contributed by atoms with van der Waals surface area (Å²) in [5, 5.41) is 12.3. The molecular formula is C11H13ClN2O2. The molecule has 0 heterocycles. The van der Waals surface area contributed by atoms with Crippen LogP contribution in [0, 0.1) is 0 Å². The number of carbonyl (C=O) groups is 1. The summed E-state index contributed by atoms with van der Waals surface area (Å²) >= 11 is 5.76. The van der Waals surface area contributed by atoms with E-state index in [0.29, 0.717) is 29.1 Å². The summed E-state index contributed by atoms with van der Waals surface area (Å²) in [5.74, 6) is -0.180. The normalized spacial score (nSPS) is 23.6. The fourth-order valence-electron chi connectivity index (χ4n) is 1.66. The molecule has 1 amide bonds. The quantitative estimate of drug-likeness (QED) is 0.680. The summed E-state index contributed by atoms with van der Waals surface area (Å²) in [6, 6.07) is 4.84. The molecule has 16 heavy (non-hydrogen) atoms. The minimum Gasteiger partial charge on any atom is -0.398 e. The van der Waals surface area contributed by atoms with E-state index in [1.54, 1.807) is 18.2 Å². The van der Waals surface area contributed by atoms with Crippen LogP contribution in [0.5, 0.6) is 0 Å². The van der Waals surface area contributed by atoms with Gasteiger partial charge >= 0.3 is 0 Å². The second-order valence-electron chi connectivity index (χ2n) is 4.03. The maximum absolute atomic E-state index is 11.7. The third-order valence-electron chi connectivity index (χ3n) is 2.71. The van der Waals surface area contributed by atoms with Crippen molar-refractivity contribution in [2.24, 2.45) is 0 Å². The number of halogens is 1. The minimum absolute atomic E-state index is 0.0689. The first-order chi connectivity index (χ1) is 7.56. The van der Waals surface area contributed by atoms with E-state index in [2.05, 4.69) is 5.32 Å². The first-order valence-corrected chi connectivity index (χ1v) is 5.48. The smallest absolute Gasteiger partial charge is 0.251 e. The maximum atomic E-state index is 11.7. The highest BCUT2D eigenvalue weighted by atomic mass is 35.5. The average Bonchev–Trinajstić information content (AvgIpc) is 2.19. The highest BCUT2D eigenvalue weighted by molar-refractivity contribution is 6.33. The number of nitrogen functional groups attached to an aromatic ring is 1. The van der Waals surface area contributed by atoms with Crippen LogP contribution >= 0.6 is 11.6 Å². The van der Waals surface area contributed by atoms with Crippen molar-refractivity contribution in [1.82, 2.24) is 5.32 Å². The molecule has 1 aromatic rings. The second kappa shape index (κ2) is 4.31. The molecule has 1 fully saturated rings. The van der Waals surface area contributed by atoms with Crippen LogP contribution in [0.2, 0.25) is 5.02 Å². The van der Waals surface area contributed by atoms with Crippen LogP contribution in [0.25, 0.3) is 0 Å². The number of carbonyl (C=O) groups excluding carboxylic acids is 1. The number of rotatable bonds is 2. The molecule has 1 aliphatic rings. The van der Waals surface area contributed by atoms with Crippen LogP contribution in [-0.2, 0) is 0 Å². The minimum atomic E-state index is -0.277. The number of nitrogens with two attached hydrogens (primary N) is 1. The Morgan fingerprint density at radius 1 is 1.50 bits per heavy atom. The number of aliphatic hydroxyl groups is 1. The number of anilines is 1. The first kappa shape index (κ1) is 11.2. The van der Waals surface area contributed by atoms with E-state index < -0.39 is 0 Å². The van der Waals surface area contributed by atoms with Gasteiger partial charge in [0.25, 0.3) is 5.91 Å². The molecule has 86 valence electrons. The summed E-state index contributed by atoms with van der Waals surface area (Å²) in [4.78, 5) is 11.7. The van der Waals surface area contributed by atoms with Gasteiger partial charge in [-0.3, -0.25) is 4.79 Å². The van der Waals surface area contributed by atoms with Crippen LogP contribution in [-0.4, -0.2) is 23.2 Å². The average molecular weight is 241 g/mol. The van der Waals surface area contributed by atoms with Crippen LogP contribution in [0.15, 0.2) is 18.2 Å². The summed E-state index contributed by atoms with van der Waals surface area (Å²) in [5.41, 5.74) is 6.49. The predicted molar refractivity (Wildman–Crippen MR) is 62.4 cm³/mol. The fourth-order valence-corrected chi connectivity index (χ4v) is 1.78. The Labute approximate surface area is 98.4 Å². The maximum Gasteiger partial charge on any atom is 0.251 e. The third kappa shape index (κ3) is 2.28. The SMILES string of the molecule is Nc1cc(C(=O)NC2CC(O)C2)ccc1Cl. The number of hydrogen-bond acceptors (Lipinski definition) is 3. The van der Waals surface area contributed by atoms with Gasteiger partial charge in [-0.25, -0.2) is 0 Å². The van der Waals surface area contributed by atoms with Crippen molar-refractivity contribution in [3.8, 4) is 0 Å². The van der Waals surface area contributed by atoms with E-state index in [-0.39, 0.29) is 18.1 Å². The molecule has 0 spiro atoms. The van der Waals surface area contributed by atoms with Gasteiger partial charge in [0.1, 0.15) is 0 Å². The molecule has 0 radical (unpaired) electrons. The Hall–Kier alpha value is -1.26. The predicted octanol–water partition coefficient (Wildman–Crippen LogP) is 1.18. The lowest BCUT2D eigenvalue weighted by Crippen LogP contribution is -2.46.